The van der Waals surface area contributed by atoms with Gasteiger partial charge >= 0.3 is 0 Å². The average molecular weight is 232 g/mol. The zero-order valence-corrected chi connectivity index (χ0v) is 9.15. The van der Waals surface area contributed by atoms with Crippen molar-refractivity contribution >= 4 is 23.2 Å². The predicted octanol–water partition coefficient (Wildman–Crippen LogP) is 2.25. The van der Waals surface area contributed by atoms with Crippen LogP contribution in [0.5, 0.6) is 0 Å². The van der Waals surface area contributed by atoms with Crippen molar-refractivity contribution in [3.8, 4) is 0 Å². The van der Waals surface area contributed by atoms with E-state index in [4.69, 9.17) is 23.2 Å². The topological polar surface area (TPSA) is 37.8 Å². The van der Waals surface area contributed by atoms with E-state index in [1.807, 2.05) is 0 Å². The van der Waals surface area contributed by atoms with Crippen LogP contribution in [0.2, 0.25) is 10.3 Å². The van der Waals surface area contributed by atoms with Crippen LogP contribution in [0.15, 0.2) is 6.07 Å². The van der Waals surface area contributed by atoms with Gasteiger partial charge in [-0.3, -0.25) is 0 Å². The largest absolute Gasteiger partial charge is 0.317 e. The molecule has 0 radical (unpaired) electrons. The quantitative estimate of drug-likeness (QED) is 0.754. The highest BCUT2D eigenvalue weighted by atomic mass is 35.5. The summed E-state index contributed by atoms with van der Waals surface area (Å²) in [4.78, 5) is 8.40. The van der Waals surface area contributed by atoms with Crippen molar-refractivity contribution in [2.45, 2.75) is 18.8 Å². The molecule has 0 amide bonds. The molecule has 1 N–H and O–H groups in total. The second-order valence-corrected chi connectivity index (χ2v) is 4.17. The van der Waals surface area contributed by atoms with E-state index < -0.39 is 0 Å². The van der Waals surface area contributed by atoms with Crippen molar-refractivity contribution in [2.24, 2.45) is 0 Å². The minimum atomic E-state index is 0.396. The lowest BCUT2D eigenvalue weighted by Crippen LogP contribution is -2.27. The summed E-state index contributed by atoms with van der Waals surface area (Å²) in [7, 11) is 0. The van der Waals surface area contributed by atoms with E-state index >= 15 is 0 Å². The van der Waals surface area contributed by atoms with Crippen molar-refractivity contribution in [3.05, 3.63) is 22.2 Å². The second kappa shape index (κ2) is 4.43. The van der Waals surface area contributed by atoms with Gasteiger partial charge < -0.3 is 5.32 Å². The Morgan fingerprint density at radius 3 is 2.29 bits per heavy atom. The molecule has 5 heteroatoms. The molecule has 1 fully saturated rings. The summed E-state index contributed by atoms with van der Waals surface area (Å²) < 4.78 is 0. The molecule has 2 rings (SSSR count). The maximum absolute atomic E-state index is 5.82. The molecule has 1 aromatic heterocycles. The molecule has 76 valence electrons. The predicted molar refractivity (Wildman–Crippen MR) is 56.9 cm³/mol. The standard InChI is InChI=1S/C9H11Cl2N3/c10-7-5-8(11)14-9(13-7)6-1-3-12-4-2-6/h5-6,12H,1-4H2. The van der Waals surface area contributed by atoms with Gasteiger partial charge in [0.15, 0.2) is 0 Å². The molecular weight excluding hydrogens is 221 g/mol. The zero-order valence-electron chi connectivity index (χ0n) is 7.63. The van der Waals surface area contributed by atoms with Crippen molar-refractivity contribution < 1.29 is 0 Å². The fraction of sp³-hybridized carbons (Fsp3) is 0.556. The number of hydrogen-bond acceptors (Lipinski definition) is 3. The van der Waals surface area contributed by atoms with Gasteiger partial charge in [0.2, 0.25) is 0 Å². The monoisotopic (exact) mass is 231 g/mol. The number of hydrogen-bond donors (Lipinski definition) is 1. The van der Waals surface area contributed by atoms with Crippen LogP contribution < -0.4 is 5.32 Å². The van der Waals surface area contributed by atoms with Gasteiger partial charge in [0.1, 0.15) is 16.1 Å². The molecule has 1 saturated heterocycles. The zero-order chi connectivity index (χ0) is 9.97. The molecule has 14 heavy (non-hydrogen) atoms. The molecule has 0 unspecified atom stereocenters. The Morgan fingerprint density at radius 2 is 1.71 bits per heavy atom. The fourth-order valence-corrected chi connectivity index (χ4v) is 2.11. The molecule has 3 nitrogen and oxygen atoms in total. The Labute approximate surface area is 92.8 Å². The Morgan fingerprint density at radius 1 is 1.14 bits per heavy atom. The summed E-state index contributed by atoms with van der Waals surface area (Å²) in [5.74, 6) is 1.18. The van der Waals surface area contributed by atoms with Crippen molar-refractivity contribution in [3.63, 3.8) is 0 Å². The van der Waals surface area contributed by atoms with E-state index in [1.165, 1.54) is 0 Å². The molecule has 0 aromatic carbocycles. The number of halogens is 2. The summed E-state index contributed by atoms with van der Waals surface area (Å²) >= 11 is 11.6. The van der Waals surface area contributed by atoms with Crippen LogP contribution in [-0.2, 0) is 0 Å². The van der Waals surface area contributed by atoms with Crippen LogP contribution in [0.4, 0.5) is 0 Å². The third-order valence-electron chi connectivity index (χ3n) is 2.39. The van der Waals surface area contributed by atoms with Crippen LogP contribution in [0, 0.1) is 0 Å². The van der Waals surface area contributed by atoms with Gasteiger partial charge in [-0.15, -0.1) is 0 Å². The Hall–Kier alpha value is -0.380. The SMILES string of the molecule is Clc1cc(Cl)nc(C2CCNCC2)n1. The van der Waals surface area contributed by atoms with Gasteiger partial charge in [0, 0.05) is 12.0 Å². The number of nitrogens with one attached hydrogen (secondary N) is 1. The summed E-state index contributed by atoms with van der Waals surface area (Å²) in [5.41, 5.74) is 0. The molecule has 0 aliphatic carbocycles. The van der Waals surface area contributed by atoms with Crippen LogP contribution >= 0.6 is 23.2 Å². The molecule has 0 bridgehead atoms. The van der Waals surface area contributed by atoms with Gasteiger partial charge in [-0.1, -0.05) is 23.2 Å². The summed E-state index contributed by atoms with van der Waals surface area (Å²) in [6, 6.07) is 1.56. The first kappa shape index (κ1) is 10.1. The lowest BCUT2D eigenvalue weighted by molar-refractivity contribution is 0.445. The molecule has 1 aliphatic heterocycles. The number of piperidine rings is 1. The highest BCUT2D eigenvalue weighted by molar-refractivity contribution is 6.33. The van der Waals surface area contributed by atoms with Crippen LogP contribution in [0.3, 0.4) is 0 Å². The first-order chi connectivity index (χ1) is 6.75. The first-order valence-corrected chi connectivity index (χ1v) is 5.42. The minimum Gasteiger partial charge on any atom is -0.317 e. The van der Waals surface area contributed by atoms with Gasteiger partial charge in [0.05, 0.1) is 0 Å². The molecular formula is C9H11Cl2N3. The molecule has 0 spiro atoms. The normalized spacial score (nSPS) is 18.4. The van der Waals surface area contributed by atoms with E-state index in [9.17, 15) is 0 Å². The number of rotatable bonds is 1. The average Bonchev–Trinajstić information content (AvgIpc) is 2.18. The van der Waals surface area contributed by atoms with Crippen LogP contribution in [0.1, 0.15) is 24.6 Å². The van der Waals surface area contributed by atoms with Crippen molar-refractivity contribution in [2.75, 3.05) is 13.1 Å². The maximum atomic E-state index is 5.82. The van der Waals surface area contributed by atoms with E-state index in [2.05, 4.69) is 15.3 Å². The highest BCUT2D eigenvalue weighted by Crippen LogP contribution is 2.24. The fourth-order valence-electron chi connectivity index (χ4n) is 1.67. The van der Waals surface area contributed by atoms with E-state index in [1.54, 1.807) is 6.07 Å². The van der Waals surface area contributed by atoms with Gasteiger partial charge in [-0.25, -0.2) is 9.97 Å². The third kappa shape index (κ3) is 2.35. The first-order valence-electron chi connectivity index (χ1n) is 4.66. The number of aromatic nitrogens is 2. The Kier molecular flexibility index (Phi) is 3.21. The second-order valence-electron chi connectivity index (χ2n) is 3.40. The molecule has 1 aliphatic rings. The van der Waals surface area contributed by atoms with E-state index in [0.29, 0.717) is 16.2 Å². The molecule has 2 heterocycles. The third-order valence-corrected chi connectivity index (χ3v) is 2.77. The van der Waals surface area contributed by atoms with E-state index in [0.717, 1.165) is 31.8 Å². The van der Waals surface area contributed by atoms with Crippen LogP contribution in [-0.4, -0.2) is 23.1 Å². The summed E-state index contributed by atoms with van der Waals surface area (Å²) in [6.07, 6.45) is 2.10. The minimum absolute atomic E-state index is 0.396. The number of nitrogens with zero attached hydrogens (tertiary/aromatic N) is 2. The maximum Gasteiger partial charge on any atom is 0.134 e. The van der Waals surface area contributed by atoms with Crippen molar-refractivity contribution in [1.29, 1.82) is 0 Å². The van der Waals surface area contributed by atoms with E-state index in [-0.39, 0.29) is 0 Å². The Balaban J connectivity index is 2.21. The van der Waals surface area contributed by atoms with Gasteiger partial charge in [0.25, 0.3) is 0 Å². The smallest absolute Gasteiger partial charge is 0.134 e. The molecule has 0 saturated carbocycles. The Bertz CT molecular complexity index is 304. The lowest BCUT2D eigenvalue weighted by Gasteiger charge is -2.21. The molecule has 1 aromatic rings. The summed E-state index contributed by atoms with van der Waals surface area (Å²) in [5, 5.41) is 4.15. The lowest BCUT2D eigenvalue weighted by atomic mass is 9.97. The highest BCUT2D eigenvalue weighted by Gasteiger charge is 2.18. The van der Waals surface area contributed by atoms with Gasteiger partial charge in [-0.05, 0) is 25.9 Å². The van der Waals surface area contributed by atoms with Crippen LogP contribution in [0.25, 0.3) is 0 Å². The molecule has 0 atom stereocenters. The summed E-state index contributed by atoms with van der Waals surface area (Å²) in [6.45, 7) is 2.02. The van der Waals surface area contributed by atoms with Crippen molar-refractivity contribution in [1.82, 2.24) is 15.3 Å². The van der Waals surface area contributed by atoms with Gasteiger partial charge in [-0.2, -0.15) is 0 Å².